The topological polar surface area (TPSA) is 115 Å². The number of aliphatic carboxylic acids is 1. The van der Waals surface area contributed by atoms with Gasteiger partial charge in [-0.3, -0.25) is 10.1 Å². The molecular formula is C10H13N3O5. The molecule has 8 heteroatoms. The van der Waals surface area contributed by atoms with Gasteiger partial charge in [0.05, 0.1) is 11.5 Å². The summed E-state index contributed by atoms with van der Waals surface area (Å²) in [5.74, 6) is -0.836. The number of aromatic nitrogens is 1. The van der Waals surface area contributed by atoms with Crippen LogP contribution in [0.5, 0.6) is 0 Å². The average Bonchev–Trinajstić information content (AvgIpc) is 2.27. The lowest BCUT2D eigenvalue weighted by Gasteiger charge is -2.14. The molecule has 0 aromatic carbocycles. The van der Waals surface area contributed by atoms with E-state index < -0.39 is 16.9 Å². The van der Waals surface area contributed by atoms with E-state index in [2.05, 4.69) is 10.3 Å². The number of carboxylic acid groups (broad SMARTS) is 1. The molecule has 1 rings (SSSR count). The summed E-state index contributed by atoms with van der Waals surface area (Å²) in [5.41, 5.74) is 0.103. The summed E-state index contributed by atoms with van der Waals surface area (Å²) in [7, 11) is 1.38. The lowest BCUT2D eigenvalue weighted by Crippen LogP contribution is -2.34. The van der Waals surface area contributed by atoms with Gasteiger partial charge >= 0.3 is 5.97 Å². The number of hydrogen-bond acceptors (Lipinski definition) is 6. The van der Waals surface area contributed by atoms with Crippen LogP contribution >= 0.6 is 0 Å². The van der Waals surface area contributed by atoms with E-state index in [-0.39, 0.29) is 23.8 Å². The Labute approximate surface area is 103 Å². The summed E-state index contributed by atoms with van der Waals surface area (Å²) in [6.45, 7) is 1.45. The number of nitrogens with one attached hydrogen (secondary N) is 1. The van der Waals surface area contributed by atoms with Gasteiger partial charge in [0.2, 0.25) is 0 Å². The molecule has 0 saturated heterocycles. The van der Waals surface area contributed by atoms with Gasteiger partial charge in [0.1, 0.15) is 17.6 Å². The van der Waals surface area contributed by atoms with Crippen molar-refractivity contribution in [1.29, 1.82) is 0 Å². The maximum Gasteiger partial charge on any atom is 0.328 e. The first-order valence-corrected chi connectivity index (χ1v) is 5.06. The molecule has 0 fully saturated rings. The van der Waals surface area contributed by atoms with Crippen LogP contribution in [0.2, 0.25) is 0 Å². The predicted molar refractivity (Wildman–Crippen MR) is 62.6 cm³/mol. The van der Waals surface area contributed by atoms with Crippen LogP contribution in [-0.2, 0) is 9.53 Å². The van der Waals surface area contributed by atoms with E-state index in [0.29, 0.717) is 0 Å². The quantitative estimate of drug-likeness (QED) is 0.570. The Kier molecular flexibility index (Phi) is 4.55. The zero-order valence-corrected chi connectivity index (χ0v) is 9.91. The molecule has 0 amide bonds. The van der Waals surface area contributed by atoms with Crippen molar-refractivity contribution in [2.75, 3.05) is 19.0 Å². The zero-order chi connectivity index (χ0) is 13.7. The first-order valence-electron chi connectivity index (χ1n) is 5.06. The van der Waals surface area contributed by atoms with Crippen LogP contribution in [0.1, 0.15) is 5.69 Å². The highest BCUT2D eigenvalue weighted by atomic mass is 16.6. The number of ether oxygens (including phenoxy) is 1. The first kappa shape index (κ1) is 13.8. The molecule has 0 bridgehead atoms. The number of nitro groups is 1. The van der Waals surface area contributed by atoms with Crippen molar-refractivity contribution in [2.24, 2.45) is 0 Å². The van der Waals surface area contributed by atoms with E-state index in [0.717, 1.165) is 0 Å². The molecule has 8 nitrogen and oxygen atoms in total. The Balaban J connectivity index is 2.88. The summed E-state index contributed by atoms with van der Waals surface area (Å²) in [4.78, 5) is 24.9. The number of pyridine rings is 1. The zero-order valence-electron chi connectivity index (χ0n) is 9.91. The molecule has 1 heterocycles. The van der Waals surface area contributed by atoms with E-state index in [1.165, 1.54) is 26.2 Å². The van der Waals surface area contributed by atoms with Crippen molar-refractivity contribution >= 4 is 17.5 Å². The van der Waals surface area contributed by atoms with Gasteiger partial charge in [0.15, 0.2) is 0 Å². The van der Waals surface area contributed by atoms with Crippen molar-refractivity contribution in [3.63, 3.8) is 0 Å². The summed E-state index contributed by atoms with van der Waals surface area (Å²) in [6, 6.07) is 1.68. The lowest BCUT2D eigenvalue weighted by atomic mass is 10.3. The fourth-order valence-electron chi connectivity index (χ4n) is 1.35. The number of hydrogen-bond donors (Lipinski definition) is 2. The minimum atomic E-state index is -1.09. The van der Waals surface area contributed by atoms with E-state index in [9.17, 15) is 14.9 Å². The molecule has 0 aliphatic rings. The van der Waals surface area contributed by atoms with Gasteiger partial charge in [-0.05, 0) is 13.0 Å². The predicted octanol–water partition coefficient (Wildman–Crippen LogP) is 0.810. The third-order valence-corrected chi connectivity index (χ3v) is 2.21. The molecule has 1 aromatic rings. The van der Waals surface area contributed by atoms with Crippen molar-refractivity contribution < 1.29 is 19.6 Å². The number of aryl methyl sites for hydroxylation is 1. The second kappa shape index (κ2) is 5.92. The Morgan fingerprint density at radius 3 is 2.78 bits per heavy atom. The number of anilines is 1. The normalized spacial score (nSPS) is 11.9. The standard InChI is InChI=1S/C10H13N3O5/c1-6-8(13(16)17)3-4-9(11-6)12-7(5-18-2)10(14)15/h3-4,7H,5H2,1-2H3,(H,11,12)(H,14,15). The second-order valence-electron chi connectivity index (χ2n) is 3.55. The molecule has 18 heavy (non-hydrogen) atoms. The summed E-state index contributed by atoms with van der Waals surface area (Å²) < 4.78 is 4.75. The van der Waals surface area contributed by atoms with Crippen LogP contribution in [0.15, 0.2) is 12.1 Å². The Morgan fingerprint density at radius 1 is 1.67 bits per heavy atom. The van der Waals surface area contributed by atoms with E-state index in [4.69, 9.17) is 9.84 Å². The highest BCUT2D eigenvalue weighted by molar-refractivity contribution is 5.77. The van der Waals surface area contributed by atoms with Gasteiger partial charge in [-0.25, -0.2) is 9.78 Å². The highest BCUT2D eigenvalue weighted by Gasteiger charge is 2.19. The molecule has 98 valence electrons. The molecule has 0 aliphatic heterocycles. The Morgan fingerprint density at radius 2 is 2.33 bits per heavy atom. The third kappa shape index (κ3) is 3.39. The molecule has 0 aliphatic carbocycles. The van der Waals surface area contributed by atoms with Crippen LogP contribution in [0.3, 0.4) is 0 Å². The van der Waals surface area contributed by atoms with Crippen molar-refractivity contribution in [2.45, 2.75) is 13.0 Å². The van der Waals surface area contributed by atoms with Crippen molar-refractivity contribution in [3.05, 3.63) is 27.9 Å². The molecule has 2 N–H and O–H groups in total. The second-order valence-corrected chi connectivity index (χ2v) is 3.55. The largest absolute Gasteiger partial charge is 0.480 e. The van der Waals surface area contributed by atoms with Crippen molar-refractivity contribution in [1.82, 2.24) is 4.98 Å². The number of methoxy groups -OCH3 is 1. The van der Waals surface area contributed by atoms with E-state index in [1.54, 1.807) is 0 Å². The molecule has 1 aromatic heterocycles. The molecule has 1 atom stereocenters. The molecular weight excluding hydrogens is 242 g/mol. The summed E-state index contributed by atoms with van der Waals surface area (Å²) in [6.07, 6.45) is 0. The van der Waals surface area contributed by atoms with Crippen molar-refractivity contribution in [3.8, 4) is 0 Å². The van der Waals surface area contributed by atoms with Crippen LogP contribution < -0.4 is 5.32 Å². The van der Waals surface area contributed by atoms with E-state index >= 15 is 0 Å². The van der Waals surface area contributed by atoms with Crippen LogP contribution in [0.25, 0.3) is 0 Å². The fraction of sp³-hybridized carbons (Fsp3) is 0.400. The maximum absolute atomic E-state index is 10.9. The molecule has 0 saturated carbocycles. The Hall–Kier alpha value is -2.22. The minimum Gasteiger partial charge on any atom is -0.480 e. The summed E-state index contributed by atoms with van der Waals surface area (Å²) in [5, 5.41) is 22.1. The smallest absolute Gasteiger partial charge is 0.328 e. The number of carbonyl (C=O) groups is 1. The van der Waals surface area contributed by atoms with Gasteiger partial charge in [-0.15, -0.1) is 0 Å². The highest BCUT2D eigenvalue weighted by Crippen LogP contribution is 2.18. The number of carboxylic acids is 1. The fourth-order valence-corrected chi connectivity index (χ4v) is 1.35. The van der Waals surface area contributed by atoms with Crippen LogP contribution in [0.4, 0.5) is 11.5 Å². The van der Waals surface area contributed by atoms with Gasteiger partial charge in [-0.2, -0.15) is 0 Å². The molecule has 0 radical (unpaired) electrons. The monoisotopic (exact) mass is 255 g/mol. The van der Waals surface area contributed by atoms with Gasteiger partial charge in [0.25, 0.3) is 5.69 Å². The molecule has 0 spiro atoms. The van der Waals surface area contributed by atoms with Gasteiger partial charge in [-0.1, -0.05) is 0 Å². The minimum absolute atomic E-state index is 0.0347. The first-order chi connectivity index (χ1) is 8.45. The average molecular weight is 255 g/mol. The maximum atomic E-state index is 10.9. The number of rotatable bonds is 6. The third-order valence-electron chi connectivity index (χ3n) is 2.21. The van der Waals surface area contributed by atoms with E-state index in [1.807, 2.05) is 0 Å². The number of nitrogens with zero attached hydrogens (tertiary/aromatic N) is 2. The SMILES string of the molecule is COCC(Nc1ccc([N+](=O)[O-])c(C)n1)C(=O)O. The van der Waals surface area contributed by atoms with Gasteiger partial charge in [0, 0.05) is 13.2 Å². The molecule has 1 unspecified atom stereocenters. The van der Waals surface area contributed by atoms with Crippen LogP contribution in [-0.4, -0.2) is 40.7 Å². The summed E-state index contributed by atoms with van der Waals surface area (Å²) >= 11 is 0. The Bertz CT molecular complexity index is 463. The lowest BCUT2D eigenvalue weighted by molar-refractivity contribution is -0.385. The van der Waals surface area contributed by atoms with Crippen LogP contribution in [0, 0.1) is 17.0 Å². The van der Waals surface area contributed by atoms with Gasteiger partial charge < -0.3 is 15.2 Å².